The Kier molecular flexibility index (Phi) is 3.20. The van der Waals surface area contributed by atoms with Crippen LogP contribution in [0, 0.1) is 5.21 Å². The molecule has 0 fully saturated rings. The van der Waals surface area contributed by atoms with E-state index in [2.05, 4.69) is 10.3 Å². The number of amides is 1. The highest BCUT2D eigenvalue weighted by atomic mass is 35.5. The predicted octanol–water partition coefficient (Wildman–Crippen LogP) is 1.62. The highest BCUT2D eigenvalue weighted by Gasteiger charge is 2.15. The largest absolute Gasteiger partial charge is 0.618 e. The molecule has 0 aliphatic carbocycles. The fourth-order valence-corrected chi connectivity index (χ4v) is 1.35. The van der Waals surface area contributed by atoms with E-state index in [1.54, 1.807) is 24.3 Å². The number of hydrogen-bond acceptors (Lipinski definition) is 3. The molecule has 0 saturated carbocycles. The number of rotatable bonds is 2. The SMILES string of the molecule is O=C(Nc1ccc(Cl)cn1)c1cccc[n+]1[O-]. The van der Waals surface area contributed by atoms with Crippen LogP contribution in [0.25, 0.3) is 0 Å². The number of pyridine rings is 2. The van der Waals surface area contributed by atoms with Crippen molar-refractivity contribution in [2.24, 2.45) is 0 Å². The van der Waals surface area contributed by atoms with Crippen molar-refractivity contribution in [2.45, 2.75) is 0 Å². The van der Waals surface area contributed by atoms with E-state index < -0.39 is 5.91 Å². The van der Waals surface area contributed by atoms with E-state index in [1.807, 2.05) is 0 Å². The summed E-state index contributed by atoms with van der Waals surface area (Å²) in [6, 6.07) is 7.74. The first-order valence-corrected chi connectivity index (χ1v) is 5.16. The Hall–Kier alpha value is -2.14. The van der Waals surface area contributed by atoms with Gasteiger partial charge in [-0.1, -0.05) is 11.6 Å². The monoisotopic (exact) mass is 249 g/mol. The van der Waals surface area contributed by atoms with Crippen LogP contribution in [0.4, 0.5) is 5.82 Å². The normalized spacial score (nSPS) is 9.94. The molecular formula is C11H8ClN3O2. The topological polar surface area (TPSA) is 68.9 Å². The van der Waals surface area contributed by atoms with Crippen molar-refractivity contribution in [3.63, 3.8) is 0 Å². The molecule has 0 saturated heterocycles. The summed E-state index contributed by atoms with van der Waals surface area (Å²) in [7, 11) is 0. The maximum absolute atomic E-state index is 11.7. The predicted molar refractivity (Wildman–Crippen MR) is 62.6 cm³/mol. The molecule has 0 spiro atoms. The van der Waals surface area contributed by atoms with Crippen LogP contribution in [0.3, 0.4) is 0 Å². The zero-order valence-corrected chi connectivity index (χ0v) is 9.39. The molecule has 0 radical (unpaired) electrons. The summed E-state index contributed by atoms with van der Waals surface area (Å²) in [6.45, 7) is 0. The Morgan fingerprint density at radius 1 is 1.35 bits per heavy atom. The van der Waals surface area contributed by atoms with E-state index in [1.165, 1.54) is 18.5 Å². The Morgan fingerprint density at radius 2 is 2.18 bits per heavy atom. The van der Waals surface area contributed by atoms with Gasteiger partial charge in [-0.2, -0.15) is 4.73 Å². The van der Waals surface area contributed by atoms with Crippen molar-refractivity contribution >= 4 is 23.3 Å². The van der Waals surface area contributed by atoms with Gasteiger partial charge in [-0.05, 0) is 18.2 Å². The van der Waals surface area contributed by atoms with Crippen molar-refractivity contribution in [3.8, 4) is 0 Å². The van der Waals surface area contributed by atoms with Gasteiger partial charge >= 0.3 is 5.91 Å². The van der Waals surface area contributed by atoms with Gasteiger partial charge in [0.1, 0.15) is 5.82 Å². The average molecular weight is 250 g/mol. The average Bonchev–Trinajstić information content (AvgIpc) is 2.32. The van der Waals surface area contributed by atoms with Gasteiger partial charge in [0.2, 0.25) is 0 Å². The first kappa shape index (κ1) is 11.3. The molecule has 2 rings (SSSR count). The molecule has 1 amide bonds. The molecule has 2 aromatic rings. The number of hydrogen-bond donors (Lipinski definition) is 1. The van der Waals surface area contributed by atoms with Crippen LogP contribution in [-0.4, -0.2) is 10.9 Å². The van der Waals surface area contributed by atoms with E-state index in [0.29, 0.717) is 15.6 Å². The van der Waals surface area contributed by atoms with Crippen molar-refractivity contribution in [2.75, 3.05) is 5.32 Å². The van der Waals surface area contributed by atoms with Gasteiger partial charge in [0.05, 0.1) is 5.02 Å². The van der Waals surface area contributed by atoms with Crippen LogP contribution in [0.5, 0.6) is 0 Å². The second kappa shape index (κ2) is 4.80. The maximum atomic E-state index is 11.7. The third-order valence-electron chi connectivity index (χ3n) is 2.03. The van der Waals surface area contributed by atoms with Crippen molar-refractivity contribution < 1.29 is 9.52 Å². The van der Waals surface area contributed by atoms with E-state index in [0.717, 1.165) is 0 Å². The lowest BCUT2D eigenvalue weighted by molar-refractivity contribution is -0.607. The Labute approximate surface area is 102 Å². The van der Waals surface area contributed by atoms with Crippen molar-refractivity contribution in [1.82, 2.24) is 4.98 Å². The van der Waals surface area contributed by atoms with Crippen LogP contribution in [0.1, 0.15) is 10.5 Å². The van der Waals surface area contributed by atoms with Crippen LogP contribution in [-0.2, 0) is 0 Å². The van der Waals surface area contributed by atoms with Crippen LogP contribution >= 0.6 is 11.6 Å². The molecule has 2 aromatic heterocycles. The highest BCUT2D eigenvalue weighted by Crippen LogP contribution is 2.10. The molecular weight excluding hydrogens is 242 g/mol. The fourth-order valence-electron chi connectivity index (χ4n) is 1.23. The van der Waals surface area contributed by atoms with E-state index >= 15 is 0 Å². The lowest BCUT2D eigenvalue weighted by atomic mass is 10.3. The fraction of sp³-hybridized carbons (Fsp3) is 0. The molecule has 6 heteroatoms. The molecule has 0 atom stereocenters. The summed E-state index contributed by atoms with van der Waals surface area (Å²) < 4.78 is 0.491. The van der Waals surface area contributed by atoms with E-state index in [9.17, 15) is 10.0 Å². The Bertz CT molecular complexity index is 543. The van der Waals surface area contributed by atoms with E-state index in [4.69, 9.17) is 11.6 Å². The maximum Gasteiger partial charge on any atom is 0.322 e. The van der Waals surface area contributed by atoms with E-state index in [-0.39, 0.29) is 5.69 Å². The zero-order valence-electron chi connectivity index (χ0n) is 8.63. The molecule has 0 aliphatic rings. The lowest BCUT2D eigenvalue weighted by Crippen LogP contribution is -2.36. The molecule has 1 N–H and O–H groups in total. The summed E-state index contributed by atoms with van der Waals surface area (Å²) in [6.07, 6.45) is 2.66. The summed E-state index contributed by atoms with van der Waals surface area (Å²) in [5.41, 5.74) is 0.00394. The Balaban J connectivity index is 2.17. The zero-order chi connectivity index (χ0) is 12.3. The number of nitrogens with one attached hydrogen (secondary N) is 1. The standard InChI is InChI=1S/C11H8ClN3O2/c12-8-4-5-10(13-7-8)14-11(16)9-3-1-2-6-15(9)17/h1-7H,(H,13,14,16). The summed E-state index contributed by atoms with van der Waals surface area (Å²) >= 11 is 5.66. The first-order valence-electron chi connectivity index (χ1n) is 4.78. The minimum atomic E-state index is -0.518. The number of anilines is 1. The van der Waals surface area contributed by atoms with Gasteiger partial charge in [0.15, 0.2) is 6.20 Å². The number of carbonyl (C=O) groups excluding carboxylic acids is 1. The summed E-state index contributed by atoms with van der Waals surface area (Å²) in [5.74, 6) is -0.182. The molecule has 17 heavy (non-hydrogen) atoms. The van der Waals surface area contributed by atoms with Gasteiger partial charge in [0.25, 0.3) is 5.69 Å². The third-order valence-corrected chi connectivity index (χ3v) is 2.25. The molecule has 0 unspecified atom stereocenters. The molecule has 0 aliphatic heterocycles. The first-order chi connectivity index (χ1) is 8.16. The minimum Gasteiger partial charge on any atom is -0.618 e. The smallest absolute Gasteiger partial charge is 0.322 e. The van der Waals surface area contributed by atoms with Gasteiger partial charge < -0.3 is 10.5 Å². The minimum absolute atomic E-state index is 0.00394. The van der Waals surface area contributed by atoms with Crippen molar-refractivity contribution in [3.05, 3.63) is 58.6 Å². The van der Waals surface area contributed by atoms with Gasteiger partial charge in [0, 0.05) is 18.3 Å². The van der Waals surface area contributed by atoms with Gasteiger partial charge in [-0.15, -0.1) is 0 Å². The highest BCUT2D eigenvalue weighted by molar-refractivity contribution is 6.30. The second-order valence-corrected chi connectivity index (χ2v) is 3.66. The number of aromatic nitrogens is 2. The molecule has 5 nitrogen and oxygen atoms in total. The van der Waals surface area contributed by atoms with Crippen LogP contribution in [0.2, 0.25) is 5.02 Å². The van der Waals surface area contributed by atoms with Crippen molar-refractivity contribution in [1.29, 1.82) is 0 Å². The van der Waals surface area contributed by atoms with Gasteiger partial charge in [-0.3, -0.25) is 4.79 Å². The lowest BCUT2D eigenvalue weighted by Gasteiger charge is -2.04. The summed E-state index contributed by atoms with van der Waals surface area (Å²) in [4.78, 5) is 15.6. The third kappa shape index (κ3) is 2.70. The molecule has 86 valence electrons. The second-order valence-electron chi connectivity index (χ2n) is 3.23. The number of carbonyl (C=O) groups is 1. The Morgan fingerprint density at radius 3 is 2.82 bits per heavy atom. The van der Waals surface area contributed by atoms with Crippen LogP contribution < -0.4 is 10.0 Å². The summed E-state index contributed by atoms with van der Waals surface area (Å²) in [5, 5.41) is 14.3. The molecule has 2 heterocycles. The van der Waals surface area contributed by atoms with Crippen LogP contribution in [0.15, 0.2) is 42.7 Å². The number of halogens is 1. The molecule has 0 aromatic carbocycles. The number of nitrogens with zero attached hydrogens (tertiary/aromatic N) is 2. The molecule has 0 bridgehead atoms. The quantitative estimate of drug-likeness (QED) is 0.650. The van der Waals surface area contributed by atoms with Gasteiger partial charge in [-0.25, -0.2) is 4.98 Å².